The molecule has 1 heterocycles. The zero-order chi connectivity index (χ0) is 48.1. The quantitative estimate of drug-likeness (QED) is 0.142. The lowest BCUT2D eigenvalue weighted by Crippen LogP contribution is -2.26. The Morgan fingerprint density at radius 1 is 0.366 bits per heavy atom. The second kappa shape index (κ2) is 16.2. The summed E-state index contributed by atoms with van der Waals surface area (Å²) >= 11 is 0. The molecule has 0 fully saturated rings. The maximum Gasteiger partial charge on any atom is 0.301 e. The van der Waals surface area contributed by atoms with Crippen molar-refractivity contribution in [3.05, 3.63) is 265 Å². The number of para-hydroxylation sites is 2. The van der Waals surface area contributed by atoms with Crippen LogP contribution in [0, 0.1) is 0 Å². The van der Waals surface area contributed by atoms with Crippen LogP contribution in [0.1, 0.15) is 49.9 Å². The maximum absolute atomic E-state index is 16.2. The first-order valence-electron chi connectivity index (χ1n) is 24.6. The third-order valence-corrected chi connectivity index (χ3v) is 18.3. The highest BCUT2D eigenvalue weighted by Gasteiger charge is 2.49. The van der Waals surface area contributed by atoms with Gasteiger partial charge in [-0.05, 0) is 146 Å². The molecule has 0 saturated carbocycles. The number of anilines is 7. The Hall–Kier alpha value is -8.17. The van der Waals surface area contributed by atoms with Crippen LogP contribution in [0.5, 0.6) is 0 Å². The first kappa shape index (κ1) is 42.9. The lowest BCUT2D eigenvalue weighted by Gasteiger charge is -2.33. The van der Waals surface area contributed by atoms with Crippen LogP contribution in [0.25, 0.3) is 44.5 Å². The van der Waals surface area contributed by atoms with Crippen LogP contribution < -0.4 is 19.5 Å². The molecule has 1 aliphatic heterocycles. The number of benzene rings is 10. The van der Waals surface area contributed by atoms with Gasteiger partial charge in [0.1, 0.15) is 0 Å². The number of hydrogen-bond donors (Lipinski definition) is 0. The van der Waals surface area contributed by atoms with E-state index in [0.29, 0.717) is 0 Å². The highest BCUT2D eigenvalue weighted by molar-refractivity contribution is 7.76. The van der Waals surface area contributed by atoms with E-state index in [4.69, 9.17) is 0 Å². The zero-order valence-corrected chi connectivity index (χ0v) is 41.2. The van der Waals surface area contributed by atoms with Gasteiger partial charge in [0.2, 0.25) is 0 Å². The van der Waals surface area contributed by atoms with Crippen LogP contribution in [0.2, 0.25) is 0 Å². The summed E-state index contributed by atoms with van der Waals surface area (Å²) in [6.45, 7) is 9.38. The standard InChI is InChI=1S/C66H52N3OP/c1-65(2)58-28-17-15-26-56(58)64-59(65)29-18-30-62(64)67(49-37-31-45(32-38-49)47-35-41-55-54-25-14-16-27-57(54)66(3,4)60(55)43-47)50-39-33-46(34-40-50)48-36-42-61-63(44-48)69(52-21-10-6-11-22-52)71(70,53-23-12-7-13-24-53)68(61)51-19-8-5-9-20-51/h5-44H,1-4H3. The topological polar surface area (TPSA) is 26.8 Å². The lowest BCUT2D eigenvalue weighted by molar-refractivity contribution is 0.582. The van der Waals surface area contributed by atoms with E-state index in [2.05, 4.69) is 206 Å². The van der Waals surface area contributed by atoms with Crippen LogP contribution in [0.4, 0.5) is 39.8 Å². The molecule has 0 radical (unpaired) electrons. The average Bonchev–Trinajstić information content (AvgIpc) is 3.93. The minimum atomic E-state index is -3.49. The molecule has 4 nitrogen and oxygen atoms in total. The summed E-state index contributed by atoms with van der Waals surface area (Å²) in [5.74, 6) is 0. The summed E-state index contributed by atoms with van der Waals surface area (Å²) < 4.78 is 20.4. The number of fused-ring (bicyclic) bond motifs is 7. The Labute approximate surface area is 417 Å². The van der Waals surface area contributed by atoms with Gasteiger partial charge in [-0.3, -0.25) is 13.9 Å². The van der Waals surface area contributed by atoms with Crippen molar-refractivity contribution in [1.29, 1.82) is 0 Å². The summed E-state index contributed by atoms with van der Waals surface area (Å²) in [6.07, 6.45) is 0. The summed E-state index contributed by atoms with van der Waals surface area (Å²) in [4.78, 5) is 2.43. The highest BCUT2D eigenvalue weighted by Crippen LogP contribution is 2.70. The Balaban J connectivity index is 0.925. The largest absolute Gasteiger partial charge is 0.310 e. The molecule has 1 atom stereocenters. The first-order chi connectivity index (χ1) is 34.6. The molecule has 13 rings (SSSR count). The van der Waals surface area contributed by atoms with Crippen LogP contribution in [-0.2, 0) is 15.4 Å². The molecule has 2 aliphatic carbocycles. The summed E-state index contributed by atoms with van der Waals surface area (Å²) in [7, 11) is -3.49. The predicted molar refractivity (Wildman–Crippen MR) is 298 cm³/mol. The van der Waals surface area contributed by atoms with Crippen LogP contribution in [-0.4, -0.2) is 0 Å². The fourth-order valence-corrected chi connectivity index (χ4v) is 14.9. The van der Waals surface area contributed by atoms with Gasteiger partial charge in [0, 0.05) is 39.1 Å². The van der Waals surface area contributed by atoms with Crippen molar-refractivity contribution in [3.8, 4) is 44.5 Å². The second-order valence-electron chi connectivity index (χ2n) is 20.1. The molecule has 10 aromatic rings. The molecule has 0 spiro atoms. The van der Waals surface area contributed by atoms with Gasteiger partial charge in [0.25, 0.3) is 0 Å². The lowest BCUT2D eigenvalue weighted by atomic mass is 9.81. The van der Waals surface area contributed by atoms with E-state index < -0.39 is 7.44 Å². The molecule has 5 heteroatoms. The molecule has 0 saturated heterocycles. The van der Waals surface area contributed by atoms with Crippen molar-refractivity contribution in [3.63, 3.8) is 0 Å². The van der Waals surface area contributed by atoms with E-state index in [1.165, 1.54) is 55.6 Å². The van der Waals surface area contributed by atoms with Gasteiger partial charge in [-0.25, -0.2) is 0 Å². The fraction of sp³-hybridized carbons (Fsp3) is 0.0909. The molecule has 342 valence electrons. The average molecular weight is 934 g/mol. The molecule has 3 aliphatic rings. The molecular formula is C66H52N3OP. The van der Waals surface area contributed by atoms with Crippen molar-refractivity contribution in [2.24, 2.45) is 0 Å². The van der Waals surface area contributed by atoms with E-state index in [9.17, 15) is 0 Å². The molecule has 0 amide bonds. The molecule has 0 N–H and O–H groups in total. The number of rotatable bonds is 8. The third-order valence-electron chi connectivity index (χ3n) is 15.4. The molecule has 0 aromatic heterocycles. The van der Waals surface area contributed by atoms with Crippen molar-refractivity contribution >= 4 is 52.6 Å². The SMILES string of the molecule is CC1(C)c2ccccc2-c2ccc(-c3ccc(N(c4ccc(-c5ccc6c(c5)N(c5ccccc5)P(=O)(c5ccccc5)N6c5ccccc5)cc4)c4cccc5c4-c4ccccc4C5(C)C)cc3)cc21. The van der Waals surface area contributed by atoms with E-state index in [-0.39, 0.29) is 10.8 Å². The minimum Gasteiger partial charge on any atom is -0.310 e. The van der Waals surface area contributed by atoms with Gasteiger partial charge in [-0.15, -0.1) is 0 Å². The van der Waals surface area contributed by atoms with E-state index in [0.717, 1.165) is 56.2 Å². The minimum absolute atomic E-state index is 0.0731. The highest BCUT2D eigenvalue weighted by atomic mass is 31.2. The van der Waals surface area contributed by atoms with Crippen molar-refractivity contribution in [1.82, 2.24) is 0 Å². The van der Waals surface area contributed by atoms with E-state index in [1.54, 1.807) is 0 Å². The number of hydrogen-bond acceptors (Lipinski definition) is 2. The van der Waals surface area contributed by atoms with Crippen molar-refractivity contribution in [2.75, 3.05) is 14.2 Å². The summed E-state index contributed by atoms with van der Waals surface area (Å²) in [5.41, 5.74) is 21.8. The molecule has 1 unspecified atom stereocenters. The Morgan fingerprint density at radius 2 is 0.817 bits per heavy atom. The van der Waals surface area contributed by atoms with Crippen molar-refractivity contribution in [2.45, 2.75) is 38.5 Å². The van der Waals surface area contributed by atoms with Crippen molar-refractivity contribution < 1.29 is 4.57 Å². The van der Waals surface area contributed by atoms with E-state index in [1.807, 2.05) is 78.9 Å². The second-order valence-corrected chi connectivity index (χ2v) is 22.5. The molecule has 71 heavy (non-hydrogen) atoms. The van der Waals surface area contributed by atoms with Gasteiger partial charge in [0.05, 0.1) is 22.4 Å². The van der Waals surface area contributed by atoms with Crippen LogP contribution >= 0.6 is 7.44 Å². The maximum atomic E-state index is 16.2. The van der Waals surface area contributed by atoms with Gasteiger partial charge < -0.3 is 4.90 Å². The normalized spacial score (nSPS) is 16.5. The summed E-state index contributed by atoms with van der Waals surface area (Å²) in [6, 6.07) is 86.4. The first-order valence-corrected chi connectivity index (χ1v) is 26.2. The molecular weight excluding hydrogens is 882 g/mol. The van der Waals surface area contributed by atoms with Crippen LogP contribution in [0.15, 0.2) is 243 Å². The smallest absolute Gasteiger partial charge is 0.301 e. The molecule has 10 aromatic carbocycles. The Bertz CT molecular complexity index is 3740. The van der Waals surface area contributed by atoms with Gasteiger partial charge >= 0.3 is 7.44 Å². The predicted octanol–water partition coefficient (Wildman–Crippen LogP) is 17.9. The Kier molecular flexibility index (Phi) is 9.79. The van der Waals surface area contributed by atoms with E-state index >= 15 is 4.57 Å². The molecule has 0 bridgehead atoms. The zero-order valence-electron chi connectivity index (χ0n) is 40.3. The van der Waals surface area contributed by atoms with Crippen LogP contribution in [0.3, 0.4) is 0 Å². The third kappa shape index (κ3) is 6.55. The number of nitrogens with zero attached hydrogens (tertiary/aromatic N) is 3. The monoisotopic (exact) mass is 933 g/mol. The van der Waals surface area contributed by atoms with Gasteiger partial charge in [-0.1, -0.05) is 185 Å². The van der Waals surface area contributed by atoms with Gasteiger partial charge in [-0.2, -0.15) is 0 Å². The van der Waals surface area contributed by atoms with Gasteiger partial charge in [0.15, 0.2) is 0 Å². The Morgan fingerprint density at radius 3 is 1.44 bits per heavy atom. The fourth-order valence-electron chi connectivity index (χ4n) is 11.9. The summed E-state index contributed by atoms with van der Waals surface area (Å²) in [5, 5.41) is 0.767.